The van der Waals surface area contributed by atoms with Gasteiger partial charge in [0.1, 0.15) is 18.1 Å². The van der Waals surface area contributed by atoms with Crippen LogP contribution in [-0.4, -0.2) is 44.3 Å². The molecule has 0 unspecified atom stereocenters. The maximum Gasteiger partial charge on any atom is 0.270 e. The molecule has 0 aliphatic carbocycles. The van der Waals surface area contributed by atoms with E-state index >= 15 is 0 Å². The molecule has 2 aromatic rings. The van der Waals surface area contributed by atoms with Crippen LogP contribution < -0.4 is 19.5 Å². The van der Waals surface area contributed by atoms with E-state index < -0.39 is 16.1 Å². The lowest BCUT2D eigenvalue weighted by Crippen LogP contribution is -2.36. The first kappa shape index (κ1) is 21.1. The molecule has 2 rings (SSSR count). The Balaban J connectivity index is 1.92. The molecule has 1 heterocycles. The third-order valence-electron chi connectivity index (χ3n) is 3.31. The van der Waals surface area contributed by atoms with Gasteiger partial charge in [0.05, 0.1) is 13.2 Å². The van der Waals surface area contributed by atoms with Crippen molar-refractivity contribution in [2.45, 2.75) is 31.2 Å². The zero-order chi connectivity index (χ0) is 20.0. The quantitative estimate of drug-likeness (QED) is 0.601. The van der Waals surface area contributed by atoms with E-state index in [1.54, 1.807) is 52.1 Å². The van der Waals surface area contributed by atoms with Gasteiger partial charge in [-0.1, -0.05) is 25.2 Å². The van der Waals surface area contributed by atoms with Crippen LogP contribution in [-0.2, 0) is 14.8 Å². The Hall–Kier alpha value is -2.24. The minimum absolute atomic E-state index is 0.126. The van der Waals surface area contributed by atoms with Gasteiger partial charge in [-0.25, -0.2) is 13.1 Å². The number of anilines is 1. The summed E-state index contributed by atoms with van der Waals surface area (Å²) in [7, 11) is -2.30. The maximum atomic E-state index is 12.4. The Morgan fingerprint density at radius 3 is 2.37 bits per heavy atom. The molecule has 1 aromatic carbocycles. The summed E-state index contributed by atoms with van der Waals surface area (Å²) in [5.74, 6) is 0.788. The van der Waals surface area contributed by atoms with Crippen LogP contribution in [0.15, 0.2) is 28.6 Å². The maximum absolute atomic E-state index is 12.4. The van der Waals surface area contributed by atoms with Crippen LogP contribution in [0.2, 0.25) is 0 Å². The monoisotopic (exact) mass is 414 g/mol. The van der Waals surface area contributed by atoms with Gasteiger partial charge in [0.25, 0.3) is 10.0 Å². The number of sulfonamides is 1. The molecule has 148 valence electrons. The van der Waals surface area contributed by atoms with Crippen molar-refractivity contribution in [1.29, 1.82) is 0 Å². The number of ether oxygens (including phenoxy) is 2. The Morgan fingerprint density at radius 1 is 1.15 bits per heavy atom. The fourth-order valence-corrected chi connectivity index (χ4v) is 4.01. The van der Waals surface area contributed by atoms with E-state index in [0.29, 0.717) is 11.5 Å². The van der Waals surface area contributed by atoms with Gasteiger partial charge in [-0.05, 0) is 31.2 Å². The Bertz CT molecular complexity index is 865. The van der Waals surface area contributed by atoms with E-state index in [0.717, 1.165) is 11.3 Å². The minimum Gasteiger partial charge on any atom is -0.497 e. The molecule has 1 atom stereocenters. The van der Waals surface area contributed by atoms with Gasteiger partial charge < -0.3 is 14.8 Å². The summed E-state index contributed by atoms with van der Waals surface area (Å²) in [6, 6.07) is 6.45. The first-order chi connectivity index (χ1) is 12.7. The molecule has 0 saturated carbocycles. The fourth-order valence-electron chi connectivity index (χ4n) is 1.86. The normalized spacial score (nSPS) is 12.6. The van der Waals surface area contributed by atoms with Crippen LogP contribution in [0.25, 0.3) is 0 Å². The van der Waals surface area contributed by atoms with Gasteiger partial charge in [-0.3, -0.25) is 4.79 Å². The summed E-state index contributed by atoms with van der Waals surface area (Å²) in [4.78, 5) is 11.6. The number of carbonyl (C=O) groups is 1. The molecule has 0 fully saturated rings. The predicted octanol–water partition coefficient (Wildman–Crippen LogP) is 1.89. The summed E-state index contributed by atoms with van der Waals surface area (Å²) in [6.45, 7) is 5.24. The Labute approximate surface area is 162 Å². The van der Waals surface area contributed by atoms with Crippen LogP contribution in [0.1, 0.15) is 20.8 Å². The SMILES string of the molecule is COc1ccc(OC[C@@H](C)NS(=O)(=O)c2nnc(NC(=O)C(C)C)s2)cc1. The molecule has 27 heavy (non-hydrogen) atoms. The molecule has 1 amide bonds. The number of hydrogen-bond acceptors (Lipinski definition) is 8. The highest BCUT2D eigenvalue weighted by Crippen LogP contribution is 2.21. The standard InChI is InChI=1S/C16H22N4O5S2/c1-10(2)14(21)17-15-18-19-16(26-15)27(22,23)20-11(3)9-25-13-7-5-12(24-4)6-8-13/h5-8,10-11,20H,9H2,1-4H3,(H,17,18,21)/t11-/m1/s1. The van der Waals surface area contributed by atoms with Gasteiger partial charge in [-0.2, -0.15) is 0 Å². The number of rotatable bonds is 9. The first-order valence-corrected chi connectivity index (χ1v) is 10.4. The van der Waals surface area contributed by atoms with Gasteiger partial charge in [0.15, 0.2) is 0 Å². The third kappa shape index (κ3) is 6.15. The molecule has 0 saturated heterocycles. The highest BCUT2D eigenvalue weighted by atomic mass is 32.2. The second-order valence-corrected chi connectivity index (χ2v) is 8.89. The average Bonchev–Trinajstić information content (AvgIpc) is 3.09. The lowest BCUT2D eigenvalue weighted by molar-refractivity contribution is -0.118. The van der Waals surface area contributed by atoms with E-state index in [9.17, 15) is 13.2 Å². The third-order valence-corrected chi connectivity index (χ3v) is 6.10. The topological polar surface area (TPSA) is 120 Å². The molecule has 11 heteroatoms. The predicted molar refractivity (Wildman–Crippen MR) is 102 cm³/mol. The number of amides is 1. The van der Waals surface area contributed by atoms with Crippen molar-refractivity contribution in [2.24, 2.45) is 5.92 Å². The van der Waals surface area contributed by atoms with Crippen molar-refractivity contribution in [3.05, 3.63) is 24.3 Å². The van der Waals surface area contributed by atoms with Crippen LogP contribution in [0.5, 0.6) is 11.5 Å². The van der Waals surface area contributed by atoms with Crippen molar-refractivity contribution in [3.8, 4) is 11.5 Å². The number of benzene rings is 1. The van der Waals surface area contributed by atoms with Crippen molar-refractivity contribution < 1.29 is 22.7 Å². The van der Waals surface area contributed by atoms with E-state index in [1.165, 1.54) is 0 Å². The molecule has 2 N–H and O–H groups in total. The molecule has 0 aliphatic rings. The van der Waals surface area contributed by atoms with Crippen molar-refractivity contribution >= 4 is 32.4 Å². The van der Waals surface area contributed by atoms with Crippen LogP contribution in [0.4, 0.5) is 5.13 Å². The molecule has 0 radical (unpaired) electrons. The van der Waals surface area contributed by atoms with Crippen LogP contribution in [0, 0.1) is 5.92 Å². The summed E-state index contributed by atoms with van der Waals surface area (Å²) in [5, 5.41) is 9.99. The minimum atomic E-state index is -3.87. The van der Waals surface area contributed by atoms with Gasteiger partial charge in [-0.15, -0.1) is 10.2 Å². The molecular weight excluding hydrogens is 392 g/mol. The lowest BCUT2D eigenvalue weighted by atomic mass is 10.2. The number of nitrogens with one attached hydrogen (secondary N) is 2. The molecular formula is C16H22N4O5S2. The van der Waals surface area contributed by atoms with Gasteiger partial charge in [0.2, 0.25) is 15.4 Å². The fraction of sp³-hybridized carbons (Fsp3) is 0.438. The summed E-state index contributed by atoms with van der Waals surface area (Å²) >= 11 is 0.787. The number of nitrogens with zero attached hydrogens (tertiary/aromatic N) is 2. The van der Waals surface area contributed by atoms with Crippen molar-refractivity contribution in [2.75, 3.05) is 19.0 Å². The number of carbonyl (C=O) groups excluding carboxylic acids is 1. The zero-order valence-electron chi connectivity index (χ0n) is 15.4. The zero-order valence-corrected chi connectivity index (χ0v) is 17.1. The Kier molecular flexibility index (Phi) is 7.11. The number of aromatic nitrogens is 2. The molecule has 0 bridgehead atoms. The van der Waals surface area contributed by atoms with E-state index in [1.807, 2.05) is 0 Å². The number of methoxy groups -OCH3 is 1. The van der Waals surface area contributed by atoms with Gasteiger partial charge in [0, 0.05) is 5.92 Å². The van der Waals surface area contributed by atoms with Crippen LogP contribution in [0.3, 0.4) is 0 Å². The highest BCUT2D eigenvalue weighted by molar-refractivity contribution is 7.91. The van der Waals surface area contributed by atoms with E-state index in [2.05, 4.69) is 20.2 Å². The second-order valence-electron chi connectivity index (χ2n) is 6.03. The largest absolute Gasteiger partial charge is 0.497 e. The van der Waals surface area contributed by atoms with E-state index in [4.69, 9.17) is 9.47 Å². The molecule has 9 nitrogen and oxygen atoms in total. The second kappa shape index (κ2) is 9.11. The average molecular weight is 415 g/mol. The smallest absolute Gasteiger partial charge is 0.270 e. The first-order valence-electron chi connectivity index (χ1n) is 8.15. The summed E-state index contributed by atoms with van der Waals surface area (Å²) in [5.41, 5.74) is 0. The number of hydrogen-bond donors (Lipinski definition) is 2. The van der Waals surface area contributed by atoms with Crippen molar-refractivity contribution in [1.82, 2.24) is 14.9 Å². The lowest BCUT2D eigenvalue weighted by Gasteiger charge is -2.14. The molecule has 0 aliphatic heterocycles. The Morgan fingerprint density at radius 2 is 1.78 bits per heavy atom. The molecule has 0 spiro atoms. The molecule has 1 aromatic heterocycles. The highest BCUT2D eigenvalue weighted by Gasteiger charge is 2.23. The van der Waals surface area contributed by atoms with Crippen LogP contribution >= 0.6 is 11.3 Å². The summed E-state index contributed by atoms with van der Waals surface area (Å²) in [6.07, 6.45) is 0. The summed E-state index contributed by atoms with van der Waals surface area (Å²) < 4.78 is 37.6. The van der Waals surface area contributed by atoms with E-state index in [-0.39, 0.29) is 27.9 Å². The van der Waals surface area contributed by atoms with Crippen molar-refractivity contribution in [3.63, 3.8) is 0 Å². The van der Waals surface area contributed by atoms with Gasteiger partial charge >= 0.3 is 0 Å².